The first-order chi connectivity index (χ1) is 24.8. The Kier molecular flexibility index (Phi) is 5.74. The van der Waals surface area contributed by atoms with Crippen molar-refractivity contribution < 1.29 is 8.83 Å². The van der Waals surface area contributed by atoms with Crippen LogP contribution in [0.15, 0.2) is 148 Å². The van der Waals surface area contributed by atoms with E-state index in [0.717, 1.165) is 67.3 Å². The summed E-state index contributed by atoms with van der Waals surface area (Å²) in [6, 6.07) is 50.3. The van der Waals surface area contributed by atoms with Crippen molar-refractivity contribution in [2.75, 3.05) is 0 Å². The standard InChI is InChI=1S/C46H32N2O2/c1-2-3-11-28-20-24-43-35(26-28)33-15-10-18-40(46(33)50-43)48-38-17-8-5-14-34(38)44-39(48)23-22-32-30-12-4-7-16-37(30)47(45(32)44)29-21-25-42-36(27-29)31-13-6-9-19-41(31)49-42/h4-10,12-27H,2-3,11H2,1H3. The fraction of sp³-hybridized carbons (Fsp3) is 0.0870. The van der Waals surface area contributed by atoms with Crippen LogP contribution in [0.5, 0.6) is 0 Å². The molecule has 0 fully saturated rings. The zero-order valence-corrected chi connectivity index (χ0v) is 27.6. The van der Waals surface area contributed by atoms with Gasteiger partial charge in [0.25, 0.3) is 0 Å². The molecule has 0 aliphatic heterocycles. The quantitative estimate of drug-likeness (QED) is 0.187. The Morgan fingerprint density at radius 1 is 0.480 bits per heavy atom. The molecule has 0 N–H and O–H groups in total. The highest BCUT2D eigenvalue weighted by Gasteiger charge is 2.23. The van der Waals surface area contributed by atoms with Gasteiger partial charge in [-0.3, -0.25) is 0 Å². The van der Waals surface area contributed by atoms with Crippen molar-refractivity contribution in [1.82, 2.24) is 9.13 Å². The van der Waals surface area contributed by atoms with Gasteiger partial charge in [0, 0.05) is 48.8 Å². The summed E-state index contributed by atoms with van der Waals surface area (Å²) in [5.74, 6) is 0. The monoisotopic (exact) mass is 644 g/mol. The van der Waals surface area contributed by atoms with Crippen molar-refractivity contribution in [3.8, 4) is 11.4 Å². The molecule has 0 bridgehead atoms. The van der Waals surface area contributed by atoms with Crippen LogP contribution in [-0.4, -0.2) is 9.13 Å². The topological polar surface area (TPSA) is 36.1 Å². The molecule has 0 saturated carbocycles. The molecule has 0 spiro atoms. The van der Waals surface area contributed by atoms with Crippen molar-refractivity contribution in [2.24, 2.45) is 0 Å². The van der Waals surface area contributed by atoms with Gasteiger partial charge in [-0.05, 0) is 79.1 Å². The molecule has 238 valence electrons. The van der Waals surface area contributed by atoms with E-state index in [0.29, 0.717) is 0 Å². The Bertz CT molecular complexity index is 3150. The summed E-state index contributed by atoms with van der Waals surface area (Å²) in [5, 5.41) is 9.48. The van der Waals surface area contributed by atoms with Crippen LogP contribution in [0.2, 0.25) is 0 Å². The van der Waals surface area contributed by atoms with Crippen molar-refractivity contribution in [2.45, 2.75) is 26.2 Å². The molecule has 0 aliphatic rings. The number of unbranched alkanes of at least 4 members (excludes halogenated alkanes) is 1. The lowest BCUT2D eigenvalue weighted by molar-refractivity contribution is 0.666. The van der Waals surface area contributed by atoms with E-state index < -0.39 is 0 Å². The third-order valence-electron chi connectivity index (χ3n) is 10.7. The summed E-state index contributed by atoms with van der Waals surface area (Å²) >= 11 is 0. The van der Waals surface area contributed by atoms with Gasteiger partial charge in [-0.25, -0.2) is 0 Å². The highest BCUT2D eigenvalue weighted by atomic mass is 16.3. The number of nitrogens with zero attached hydrogens (tertiary/aromatic N) is 2. The summed E-state index contributed by atoms with van der Waals surface area (Å²) in [6.07, 6.45) is 3.45. The maximum atomic E-state index is 6.73. The molecule has 4 nitrogen and oxygen atoms in total. The van der Waals surface area contributed by atoms with Crippen molar-refractivity contribution in [3.63, 3.8) is 0 Å². The van der Waals surface area contributed by atoms with Crippen LogP contribution in [0.4, 0.5) is 0 Å². The second-order valence-corrected chi connectivity index (χ2v) is 13.5. The molecule has 0 amide bonds. The Labute approximate surface area is 287 Å². The largest absolute Gasteiger partial charge is 0.456 e. The number of furan rings is 2. The molecule has 50 heavy (non-hydrogen) atoms. The van der Waals surface area contributed by atoms with Gasteiger partial charge in [0.2, 0.25) is 0 Å². The number of hydrogen-bond donors (Lipinski definition) is 0. The van der Waals surface area contributed by atoms with Crippen LogP contribution < -0.4 is 0 Å². The molecule has 0 radical (unpaired) electrons. The van der Waals surface area contributed by atoms with Gasteiger partial charge in [0.05, 0.1) is 27.8 Å². The van der Waals surface area contributed by atoms with Crippen LogP contribution in [0.3, 0.4) is 0 Å². The minimum atomic E-state index is 0.897. The Hall–Kier alpha value is -6.26. The van der Waals surface area contributed by atoms with Gasteiger partial charge in [-0.2, -0.15) is 0 Å². The third-order valence-corrected chi connectivity index (χ3v) is 10.7. The number of aryl methyl sites for hydroxylation is 1. The Morgan fingerprint density at radius 2 is 1.18 bits per heavy atom. The first-order valence-electron chi connectivity index (χ1n) is 17.6. The van der Waals surface area contributed by atoms with E-state index in [9.17, 15) is 0 Å². The summed E-state index contributed by atoms with van der Waals surface area (Å²) in [7, 11) is 0. The highest BCUT2D eigenvalue weighted by molar-refractivity contribution is 6.26. The van der Waals surface area contributed by atoms with Crippen LogP contribution in [-0.2, 0) is 6.42 Å². The summed E-state index contributed by atoms with van der Waals surface area (Å²) in [6.45, 7) is 2.25. The van der Waals surface area contributed by atoms with E-state index in [-0.39, 0.29) is 0 Å². The fourth-order valence-electron chi connectivity index (χ4n) is 8.43. The molecule has 4 aromatic heterocycles. The SMILES string of the molecule is CCCCc1ccc2oc3c(-n4c5ccccc5c5c4ccc4c6ccccc6n(-c6ccc7oc8ccccc8c7c6)c45)cccc3c2c1. The van der Waals surface area contributed by atoms with Gasteiger partial charge >= 0.3 is 0 Å². The molecular weight excluding hydrogens is 613 g/mol. The van der Waals surface area contributed by atoms with Gasteiger partial charge in [-0.15, -0.1) is 0 Å². The highest BCUT2D eigenvalue weighted by Crippen LogP contribution is 2.44. The second kappa shape index (κ2) is 10.4. The number of aromatic nitrogens is 2. The zero-order chi connectivity index (χ0) is 32.9. The lowest BCUT2D eigenvalue weighted by Gasteiger charge is -2.10. The molecule has 7 aromatic carbocycles. The van der Waals surface area contributed by atoms with Crippen molar-refractivity contribution in [3.05, 3.63) is 145 Å². The van der Waals surface area contributed by atoms with Crippen LogP contribution in [0, 0.1) is 0 Å². The van der Waals surface area contributed by atoms with Crippen LogP contribution >= 0.6 is 0 Å². The normalized spacial score (nSPS) is 12.3. The third kappa shape index (κ3) is 3.76. The van der Waals surface area contributed by atoms with Gasteiger partial charge in [0.15, 0.2) is 5.58 Å². The molecule has 0 atom stereocenters. The van der Waals surface area contributed by atoms with Crippen LogP contribution in [0.1, 0.15) is 25.3 Å². The molecular formula is C46H32N2O2. The first kappa shape index (κ1) is 27.7. The summed E-state index contributed by atoms with van der Waals surface area (Å²) in [5.41, 5.74) is 11.8. The summed E-state index contributed by atoms with van der Waals surface area (Å²) in [4.78, 5) is 0. The van der Waals surface area contributed by atoms with E-state index >= 15 is 0 Å². The van der Waals surface area contributed by atoms with Crippen LogP contribution in [0.25, 0.3) is 98.9 Å². The predicted molar refractivity (Wildman–Crippen MR) is 208 cm³/mol. The average Bonchev–Trinajstić information content (AvgIpc) is 3.91. The first-order valence-corrected chi connectivity index (χ1v) is 17.6. The number of para-hydroxylation sites is 4. The molecule has 0 aliphatic carbocycles. The predicted octanol–water partition coefficient (Wildman–Crippen LogP) is 13.0. The molecule has 11 rings (SSSR count). The van der Waals surface area contributed by atoms with E-state index in [1.54, 1.807) is 0 Å². The minimum Gasteiger partial charge on any atom is -0.456 e. The smallest absolute Gasteiger partial charge is 0.159 e. The lowest BCUT2D eigenvalue weighted by atomic mass is 10.0. The Morgan fingerprint density at radius 3 is 2.06 bits per heavy atom. The van der Waals surface area contributed by atoms with E-state index in [2.05, 4.69) is 143 Å². The minimum absolute atomic E-state index is 0.897. The molecule has 4 heterocycles. The average molecular weight is 645 g/mol. The maximum Gasteiger partial charge on any atom is 0.159 e. The van der Waals surface area contributed by atoms with Crippen molar-refractivity contribution >= 4 is 87.5 Å². The van der Waals surface area contributed by atoms with Gasteiger partial charge in [-0.1, -0.05) is 92.2 Å². The fourth-order valence-corrected chi connectivity index (χ4v) is 8.43. The number of fused-ring (bicyclic) bond motifs is 13. The van der Waals surface area contributed by atoms with E-state index in [1.165, 1.54) is 56.4 Å². The Balaban J connectivity index is 1.25. The summed E-state index contributed by atoms with van der Waals surface area (Å²) < 4.78 is 17.8. The second-order valence-electron chi connectivity index (χ2n) is 13.5. The zero-order valence-electron chi connectivity index (χ0n) is 27.6. The number of benzene rings is 7. The number of rotatable bonds is 5. The molecule has 0 saturated heterocycles. The van der Waals surface area contributed by atoms with Gasteiger partial charge in [0.1, 0.15) is 16.7 Å². The van der Waals surface area contributed by atoms with Crippen molar-refractivity contribution in [1.29, 1.82) is 0 Å². The molecule has 0 unspecified atom stereocenters. The molecule has 4 heteroatoms. The van der Waals surface area contributed by atoms with E-state index in [4.69, 9.17) is 8.83 Å². The molecule has 11 aromatic rings. The van der Waals surface area contributed by atoms with E-state index in [1.807, 2.05) is 12.1 Å². The maximum absolute atomic E-state index is 6.73. The number of hydrogen-bond acceptors (Lipinski definition) is 2. The lowest BCUT2D eigenvalue weighted by Crippen LogP contribution is -1.95. The van der Waals surface area contributed by atoms with Gasteiger partial charge < -0.3 is 18.0 Å².